The maximum Gasteiger partial charge on any atom is 0.226 e. The summed E-state index contributed by atoms with van der Waals surface area (Å²) in [7, 11) is 0. The van der Waals surface area contributed by atoms with Gasteiger partial charge in [-0.15, -0.1) is 0 Å². The number of carbonyl (C=O) groups is 1. The molecular formula is C17H28N4O. The lowest BCUT2D eigenvalue weighted by atomic mass is 9.88. The van der Waals surface area contributed by atoms with Gasteiger partial charge in [-0.3, -0.25) is 4.79 Å². The summed E-state index contributed by atoms with van der Waals surface area (Å²) in [6.07, 6.45) is 5.02. The minimum absolute atomic E-state index is 0.144. The van der Waals surface area contributed by atoms with E-state index in [-0.39, 0.29) is 5.92 Å². The summed E-state index contributed by atoms with van der Waals surface area (Å²) in [5.74, 6) is 1.48. The highest BCUT2D eigenvalue weighted by atomic mass is 16.2. The van der Waals surface area contributed by atoms with Gasteiger partial charge in [0.05, 0.1) is 5.69 Å². The van der Waals surface area contributed by atoms with Crippen molar-refractivity contribution in [2.45, 2.75) is 46.0 Å². The van der Waals surface area contributed by atoms with Crippen LogP contribution in [-0.4, -0.2) is 58.4 Å². The van der Waals surface area contributed by atoms with E-state index in [1.54, 1.807) is 0 Å². The number of amides is 1. The number of imidazole rings is 1. The largest absolute Gasteiger partial charge is 0.346 e. The molecule has 1 aliphatic heterocycles. The van der Waals surface area contributed by atoms with E-state index >= 15 is 0 Å². The molecule has 5 heteroatoms. The first-order chi connectivity index (χ1) is 10.7. The van der Waals surface area contributed by atoms with Crippen molar-refractivity contribution in [2.24, 2.45) is 5.92 Å². The minimum atomic E-state index is 0.144. The van der Waals surface area contributed by atoms with Crippen molar-refractivity contribution in [2.75, 3.05) is 32.7 Å². The summed E-state index contributed by atoms with van der Waals surface area (Å²) in [6, 6.07) is 0. The van der Waals surface area contributed by atoms with E-state index in [4.69, 9.17) is 0 Å². The molecule has 1 aromatic heterocycles. The van der Waals surface area contributed by atoms with Crippen molar-refractivity contribution < 1.29 is 4.79 Å². The Morgan fingerprint density at radius 1 is 1.32 bits per heavy atom. The zero-order valence-electron chi connectivity index (χ0n) is 13.9. The number of nitrogens with one attached hydrogen (secondary N) is 1. The van der Waals surface area contributed by atoms with Crippen LogP contribution >= 0.6 is 0 Å². The summed E-state index contributed by atoms with van der Waals surface area (Å²) in [5, 5.41) is 0. The van der Waals surface area contributed by atoms with Gasteiger partial charge >= 0.3 is 0 Å². The van der Waals surface area contributed by atoms with Crippen LogP contribution in [0.15, 0.2) is 0 Å². The predicted molar refractivity (Wildman–Crippen MR) is 86.8 cm³/mol. The van der Waals surface area contributed by atoms with Gasteiger partial charge in [0.1, 0.15) is 5.82 Å². The third kappa shape index (κ3) is 3.35. The van der Waals surface area contributed by atoms with Gasteiger partial charge in [0, 0.05) is 37.7 Å². The third-order valence-electron chi connectivity index (χ3n) is 4.95. The lowest BCUT2D eigenvalue weighted by Gasteiger charge is -2.28. The first-order valence-electron chi connectivity index (χ1n) is 8.73. The van der Waals surface area contributed by atoms with Crippen molar-refractivity contribution in [3.8, 4) is 0 Å². The fraction of sp³-hybridized carbons (Fsp3) is 0.765. The van der Waals surface area contributed by atoms with Crippen molar-refractivity contribution in [3.63, 3.8) is 0 Å². The number of hydrogen-bond donors (Lipinski definition) is 1. The standard InChI is InChI=1S/C17H28N4O/c1-3-7-20-8-4-9-21(11-10-20)17(22)14-5-6-15-16(12-14)19-13(2)18-15/h14H,3-12H2,1-2H3,(H,18,19). The molecule has 0 aromatic carbocycles. The molecule has 1 amide bonds. The molecule has 1 atom stereocenters. The highest BCUT2D eigenvalue weighted by Gasteiger charge is 2.30. The summed E-state index contributed by atoms with van der Waals surface area (Å²) >= 11 is 0. The molecule has 0 spiro atoms. The highest BCUT2D eigenvalue weighted by Crippen LogP contribution is 2.25. The van der Waals surface area contributed by atoms with Gasteiger partial charge in [-0.05, 0) is 45.7 Å². The number of aryl methyl sites for hydroxylation is 2. The van der Waals surface area contributed by atoms with Crippen molar-refractivity contribution >= 4 is 5.91 Å². The van der Waals surface area contributed by atoms with Crippen molar-refractivity contribution in [3.05, 3.63) is 17.2 Å². The van der Waals surface area contributed by atoms with Gasteiger partial charge in [-0.2, -0.15) is 0 Å². The van der Waals surface area contributed by atoms with E-state index in [0.717, 1.165) is 64.2 Å². The molecule has 1 unspecified atom stereocenters. The molecule has 1 fully saturated rings. The fourth-order valence-corrected chi connectivity index (χ4v) is 3.82. The SMILES string of the molecule is CCCN1CCCN(C(=O)C2CCc3nc(C)[nH]c3C2)CC1. The first-order valence-corrected chi connectivity index (χ1v) is 8.73. The zero-order valence-corrected chi connectivity index (χ0v) is 13.9. The van der Waals surface area contributed by atoms with E-state index in [0.29, 0.717) is 5.91 Å². The Morgan fingerprint density at radius 3 is 3.00 bits per heavy atom. The number of aromatic amines is 1. The topological polar surface area (TPSA) is 52.2 Å². The maximum atomic E-state index is 12.9. The van der Waals surface area contributed by atoms with Gasteiger partial charge in [0.2, 0.25) is 5.91 Å². The van der Waals surface area contributed by atoms with Crippen LogP contribution < -0.4 is 0 Å². The smallest absolute Gasteiger partial charge is 0.226 e. The van der Waals surface area contributed by atoms with Gasteiger partial charge in [0.25, 0.3) is 0 Å². The van der Waals surface area contributed by atoms with E-state index < -0.39 is 0 Å². The van der Waals surface area contributed by atoms with Crippen LogP contribution in [0.2, 0.25) is 0 Å². The Morgan fingerprint density at radius 2 is 2.18 bits per heavy atom. The fourth-order valence-electron chi connectivity index (χ4n) is 3.82. The number of fused-ring (bicyclic) bond motifs is 1. The van der Waals surface area contributed by atoms with Gasteiger partial charge in [-0.1, -0.05) is 6.92 Å². The molecule has 1 aromatic rings. The average Bonchev–Trinajstić information content (AvgIpc) is 2.72. The molecule has 5 nitrogen and oxygen atoms in total. The Hall–Kier alpha value is -1.36. The van der Waals surface area contributed by atoms with Crippen LogP contribution in [0.25, 0.3) is 0 Å². The lowest BCUT2D eigenvalue weighted by molar-refractivity contribution is -0.135. The summed E-state index contributed by atoms with van der Waals surface area (Å²) in [4.78, 5) is 25.3. The number of hydrogen-bond acceptors (Lipinski definition) is 3. The first kappa shape index (κ1) is 15.5. The van der Waals surface area contributed by atoms with E-state index in [1.165, 1.54) is 17.8 Å². The molecular weight excluding hydrogens is 276 g/mol. The molecule has 0 bridgehead atoms. The molecule has 22 heavy (non-hydrogen) atoms. The van der Waals surface area contributed by atoms with Crippen LogP contribution in [0.5, 0.6) is 0 Å². The zero-order chi connectivity index (χ0) is 15.5. The normalized spacial score (nSPS) is 23.2. The molecule has 1 N–H and O–H groups in total. The predicted octanol–water partition coefficient (Wildman–Crippen LogP) is 1.77. The van der Waals surface area contributed by atoms with Crippen LogP contribution in [0.1, 0.15) is 43.4 Å². The van der Waals surface area contributed by atoms with Crippen LogP contribution in [0.4, 0.5) is 0 Å². The maximum absolute atomic E-state index is 12.9. The van der Waals surface area contributed by atoms with Crippen LogP contribution in [-0.2, 0) is 17.6 Å². The number of nitrogens with zero attached hydrogens (tertiary/aromatic N) is 3. The monoisotopic (exact) mass is 304 g/mol. The summed E-state index contributed by atoms with van der Waals surface area (Å²) in [6.45, 7) is 9.34. The number of rotatable bonds is 3. The van der Waals surface area contributed by atoms with Gasteiger partial charge in [0.15, 0.2) is 0 Å². The summed E-state index contributed by atoms with van der Waals surface area (Å²) < 4.78 is 0. The third-order valence-corrected chi connectivity index (χ3v) is 4.95. The highest BCUT2D eigenvalue weighted by molar-refractivity contribution is 5.79. The molecule has 2 aliphatic rings. The molecule has 3 rings (SSSR count). The number of carbonyl (C=O) groups excluding carboxylic acids is 1. The molecule has 0 saturated carbocycles. The molecule has 1 saturated heterocycles. The molecule has 0 radical (unpaired) electrons. The quantitative estimate of drug-likeness (QED) is 0.926. The second kappa shape index (κ2) is 6.82. The van der Waals surface area contributed by atoms with E-state index in [1.807, 2.05) is 6.92 Å². The van der Waals surface area contributed by atoms with Gasteiger partial charge < -0.3 is 14.8 Å². The Balaban J connectivity index is 1.60. The molecule has 1 aliphatic carbocycles. The summed E-state index contributed by atoms with van der Waals surface area (Å²) in [5.41, 5.74) is 2.36. The number of aromatic nitrogens is 2. The lowest BCUT2D eigenvalue weighted by Crippen LogP contribution is -2.40. The van der Waals surface area contributed by atoms with Crippen molar-refractivity contribution in [1.29, 1.82) is 0 Å². The second-order valence-electron chi connectivity index (χ2n) is 6.71. The Bertz CT molecular complexity index is 525. The van der Waals surface area contributed by atoms with Crippen LogP contribution in [0, 0.1) is 12.8 Å². The molecule has 2 heterocycles. The average molecular weight is 304 g/mol. The number of H-pyrrole nitrogens is 1. The second-order valence-corrected chi connectivity index (χ2v) is 6.71. The van der Waals surface area contributed by atoms with E-state index in [9.17, 15) is 4.79 Å². The Labute approximate surface area is 133 Å². The molecule has 122 valence electrons. The van der Waals surface area contributed by atoms with Crippen molar-refractivity contribution in [1.82, 2.24) is 19.8 Å². The van der Waals surface area contributed by atoms with Crippen LogP contribution in [0.3, 0.4) is 0 Å². The van der Waals surface area contributed by atoms with E-state index in [2.05, 4.69) is 26.7 Å². The minimum Gasteiger partial charge on any atom is -0.346 e. The Kier molecular flexibility index (Phi) is 4.81. The van der Waals surface area contributed by atoms with Gasteiger partial charge in [-0.25, -0.2) is 4.98 Å².